The second-order valence-corrected chi connectivity index (χ2v) is 6.21. The van der Waals surface area contributed by atoms with Crippen LogP contribution in [0.1, 0.15) is 17.0 Å². The van der Waals surface area contributed by atoms with Crippen LogP contribution in [-0.4, -0.2) is 36.9 Å². The van der Waals surface area contributed by atoms with Crippen LogP contribution in [-0.2, 0) is 27.7 Å². The SMILES string of the molecule is COCCn1c(Cc2cccc(C)c2)nnc1S(N)(=O)=O. The molecule has 0 bridgehead atoms. The van der Waals surface area contributed by atoms with Gasteiger partial charge in [-0.1, -0.05) is 29.8 Å². The van der Waals surface area contributed by atoms with E-state index < -0.39 is 10.0 Å². The largest absolute Gasteiger partial charge is 0.383 e. The Morgan fingerprint density at radius 2 is 2.10 bits per heavy atom. The van der Waals surface area contributed by atoms with Crippen LogP contribution in [0.5, 0.6) is 0 Å². The van der Waals surface area contributed by atoms with Crippen molar-refractivity contribution in [3.63, 3.8) is 0 Å². The van der Waals surface area contributed by atoms with Crippen molar-refractivity contribution in [3.8, 4) is 0 Å². The number of methoxy groups -OCH3 is 1. The Morgan fingerprint density at radius 3 is 2.71 bits per heavy atom. The summed E-state index contributed by atoms with van der Waals surface area (Å²) in [6.45, 7) is 2.67. The summed E-state index contributed by atoms with van der Waals surface area (Å²) in [5.41, 5.74) is 2.16. The number of sulfonamides is 1. The van der Waals surface area contributed by atoms with E-state index in [4.69, 9.17) is 9.88 Å². The molecule has 8 heteroatoms. The third-order valence-corrected chi connectivity index (χ3v) is 3.82. The van der Waals surface area contributed by atoms with Crippen molar-refractivity contribution >= 4 is 10.0 Å². The van der Waals surface area contributed by atoms with Gasteiger partial charge in [0.2, 0.25) is 0 Å². The fourth-order valence-electron chi connectivity index (χ4n) is 2.07. The van der Waals surface area contributed by atoms with Gasteiger partial charge in [0.25, 0.3) is 15.2 Å². The molecule has 7 nitrogen and oxygen atoms in total. The second kappa shape index (κ2) is 6.33. The highest BCUT2D eigenvalue weighted by Gasteiger charge is 2.21. The maximum atomic E-state index is 11.6. The van der Waals surface area contributed by atoms with Crippen LogP contribution in [0, 0.1) is 6.92 Å². The molecule has 114 valence electrons. The number of rotatable bonds is 6. The van der Waals surface area contributed by atoms with Crippen molar-refractivity contribution in [1.82, 2.24) is 14.8 Å². The molecule has 21 heavy (non-hydrogen) atoms. The maximum absolute atomic E-state index is 11.6. The number of aryl methyl sites for hydroxylation is 1. The van der Waals surface area contributed by atoms with Crippen LogP contribution in [0.2, 0.25) is 0 Å². The van der Waals surface area contributed by atoms with Crippen molar-refractivity contribution in [2.24, 2.45) is 5.14 Å². The molecule has 0 aliphatic rings. The van der Waals surface area contributed by atoms with E-state index in [0.717, 1.165) is 11.1 Å². The van der Waals surface area contributed by atoms with Crippen LogP contribution < -0.4 is 5.14 Å². The number of hydrogen-bond donors (Lipinski definition) is 1. The second-order valence-electron chi connectivity index (χ2n) is 4.75. The van der Waals surface area contributed by atoms with Crippen LogP contribution in [0.15, 0.2) is 29.4 Å². The molecule has 0 unspecified atom stereocenters. The highest BCUT2D eigenvalue weighted by Crippen LogP contribution is 2.13. The summed E-state index contributed by atoms with van der Waals surface area (Å²) in [5, 5.41) is 12.6. The fraction of sp³-hybridized carbons (Fsp3) is 0.385. The van der Waals surface area contributed by atoms with Gasteiger partial charge in [-0.05, 0) is 12.5 Å². The lowest BCUT2D eigenvalue weighted by Gasteiger charge is -2.09. The van der Waals surface area contributed by atoms with Crippen molar-refractivity contribution in [3.05, 3.63) is 41.2 Å². The fourth-order valence-corrected chi connectivity index (χ4v) is 2.73. The molecule has 0 spiro atoms. The molecule has 2 N–H and O–H groups in total. The van der Waals surface area contributed by atoms with Crippen molar-refractivity contribution < 1.29 is 13.2 Å². The first-order valence-corrected chi connectivity index (χ1v) is 7.96. The molecule has 2 rings (SSSR count). The lowest BCUT2D eigenvalue weighted by molar-refractivity contribution is 0.183. The van der Waals surface area contributed by atoms with E-state index in [1.165, 1.54) is 4.57 Å². The molecule has 0 radical (unpaired) electrons. The predicted molar refractivity (Wildman–Crippen MR) is 77.3 cm³/mol. The summed E-state index contributed by atoms with van der Waals surface area (Å²) < 4.78 is 29.6. The van der Waals surface area contributed by atoms with E-state index in [0.29, 0.717) is 25.4 Å². The lowest BCUT2D eigenvalue weighted by Crippen LogP contribution is -2.21. The minimum Gasteiger partial charge on any atom is -0.383 e. The summed E-state index contributed by atoms with van der Waals surface area (Å²) in [5.74, 6) is 0.543. The van der Waals surface area contributed by atoms with Crippen LogP contribution in [0.3, 0.4) is 0 Å². The Kier molecular flexibility index (Phi) is 4.71. The predicted octanol–water partition coefficient (Wildman–Crippen LogP) is 0.471. The standard InChI is InChI=1S/C13H18N4O3S/c1-10-4-3-5-11(8-10)9-12-15-16-13(21(14,18)19)17(12)6-7-20-2/h3-5,8H,6-7,9H2,1-2H3,(H2,14,18,19). The zero-order valence-electron chi connectivity index (χ0n) is 12.0. The summed E-state index contributed by atoms with van der Waals surface area (Å²) in [6, 6.07) is 7.92. The molecule has 0 fully saturated rings. The number of hydrogen-bond acceptors (Lipinski definition) is 5. The third-order valence-electron chi connectivity index (χ3n) is 3.01. The molecule has 0 saturated heterocycles. The van der Waals surface area contributed by atoms with Gasteiger partial charge in [0, 0.05) is 20.1 Å². The Balaban J connectivity index is 2.37. The van der Waals surface area contributed by atoms with Crippen molar-refractivity contribution in [1.29, 1.82) is 0 Å². The van der Waals surface area contributed by atoms with E-state index in [1.807, 2.05) is 31.2 Å². The van der Waals surface area contributed by atoms with Crippen molar-refractivity contribution in [2.75, 3.05) is 13.7 Å². The molecular formula is C13H18N4O3S. The van der Waals surface area contributed by atoms with E-state index >= 15 is 0 Å². The van der Waals surface area contributed by atoms with E-state index in [9.17, 15) is 8.42 Å². The van der Waals surface area contributed by atoms with Crippen molar-refractivity contribution in [2.45, 2.75) is 25.0 Å². The van der Waals surface area contributed by atoms with Gasteiger partial charge in [0.1, 0.15) is 5.82 Å². The quantitative estimate of drug-likeness (QED) is 0.836. The van der Waals surface area contributed by atoms with Gasteiger partial charge in [-0.3, -0.25) is 4.57 Å². The molecule has 1 aromatic heterocycles. The van der Waals surface area contributed by atoms with E-state index in [2.05, 4.69) is 10.2 Å². The molecule has 0 atom stereocenters. The minimum atomic E-state index is -3.91. The average molecular weight is 310 g/mol. The zero-order chi connectivity index (χ0) is 15.5. The third kappa shape index (κ3) is 3.87. The summed E-state index contributed by atoms with van der Waals surface area (Å²) in [6.07, 6.45) is 0.480. The Morgan fingerprint density at radius 1 is 1.33 bits per heavy atom. The number of ether oxygens (including phenoxy) is 1. The molecular weight excluding hydrogens is 292 g/mol. The molecule has 1 aromatic carbocycles. The number of aromatic nitrogens is 3. The van der Waals surface area contributed by atoms with Gasteiger partial charge in [-0.15, -0.1) is 10.2 Å². The zero-order valence-corrected chi connectivity index (χ0v) is 12.8. The summed E-state index contributed by atoms with van der Waals surface area (Å²) in [7, 11) is -2.37. The summed E-state index contributed by atoms with van der Waals surface area (Å²) in [4.78, 5) is 0. The molecule has 0 amide bonds. The lowest BCUT2D eigenvalue weighted by atomic mass is 10.1. The molecule has 0 aliphatic carbocycles. The molecule has 0 aliphatic heterocycles. The smallest absolute Gasteiger partial charge is 0.273 e. The first kappa shape index (κ1) is 15.6. The maximum Gasteiger partial charge on any atom is 0.273 e. The highest BCUT2D eigenvalue weighted by molar-refractivity contribution is 7.89. The monoisotopic (exact) mass is 310 g/mol. The molecule has 2 aromatic rings. The number of nitrogens with two attached hydrogens (primary N) is 1. The van der Waals surface area contributed by atoms with Crippen LogP contribution >= 0.6 is 0 Å². The van der Waals surface area contributed by atoms with Gasteiger partial charge >= 0.3 is 0 Å². The van der Waals surface area contributed by atoms with Crippen LogP contribution in [0.25, 0.3) is 0 Å². The van der Waals surface area contributed by atoms with E-state index in [-0.39, 0.29) is 5.16 Å². The first-order chi connectivity index (χ1) is 9.91. The number of benzene rings is 1. The average Bonchev–Trinajstić information content (AvgIpc) is 2.79. The van der Waals surface area contributed by atoms with Gasteiger partial charge in [-0.2, -0.15) is 0 Å². The number of nitrogens with zero attached hydrogens (tertiary/aromatic N) is 3. The Labute approximate surface area is 123 Å². The van der Waals surface area contributed by atoms with Gasteiger partial charge in [0.15, 0.2) is 0 Å². The summed E-state index contributed by atoms with van der Waals surface area (Å²) >= 11 is 0. The normalized spacial score (nSPS) is 11.8. The van der Waals surface area contributed by atoms with Crippen LogP contribution in [0.4, 0.5) is 0 Å². The minimum absolute atomic E-state index is 0.234. The molecule has 1 heterocycles. The number of primary sulfonamides is 1. The topological polar surface area (TPSA) is 100 Å². The van der Waals surface area contributed by atoms with E-state index in [1.54, 1.807) is 7.11 Å². The highest BCUT2D eigenvalue weighted by atomic mass is 32.2. The van der Waals surface area contributed by atoms with Gasteiger partial charge in [0.05, 0.1) is 6.61 Å². The van der Waals surface area contributed by atoms with Gasteiger partial charge in [-0.25, -0.2) is 13.6 Å². The Hall–Kier alpha value is -1.77. The van der Waals surface area contributed by atoms with Gasteiger partial charge < -0.3 is 4.74 Å². The Bertz CT molecular complexity index is 725. The molecule has 0 saturated carbocycles. The first-order valence-electron chi connectivity index (χ1n) is 6.41.